The van der Waals surface area contributed by atoms with Crippen LogP contribution in [0.2, 0.25) is 0 Å². The van der Waals surface area contributed by atoms with E-state index in [4.69, 9.17) is 10.2 Å². The molecule has 0 aromatic carbocycles. The van der Waals surface area contributed by atoms with Crippen molar-refractivity contribution >= 4 is 11.9 Å². The van der Waals surface area contributed by atoms with Crippen LogP contribution in [0, 0.1) is 5.92 Å². The van der Waals surface area contributed by atoms with E-state index in [2.05, 4.69) is 4.98 Å². The number of aromatic nitrogens is 1. The summed E-state index contributed by atoms with van der Waals surface area (Å²) in [4.78, 5) is 25.1. The average molecular weight is 209 g/mol. The second kappa shape index (κ2) is 5.09. The van der Waals surface area contributed by atoms with Gasteiger partial charge in [-0.25, -0.2) is 0 Å². The molecule has 0 aliphatic rings. The van der Waals surface area contributed by atoms with Gasteiger partial charge in [-0.1, -0.05) is 6.07 Å². The van der Waals surface area contributed by atoms with Gasteiger partial charge in [-0.15, -0.1) is 0 Å². The Morgan fingerprint density at radius 2 is 1.93 bits per heavy atom. The van der Waals surface area contributed by atoms with E-state index in [9.17, 15) is 9.59 Å². The van der Waals surface area contributed by atoms with Crippen molar-refractivity contribution in [2.24, 2.45) is 5.92 Å². The maximum Gasteiger partial charge on any atom is 0.317 e. The second-order valence-electron chi connectivity index (χ2n) is 3.09. The van der Waals surface area contributed by atoms with Gasteiger partial charge in [0.25, 0.3) is 0 Å². The zero-order chi connectivity index (χ0) is 11.3. The summed E-state index contributed by atoms with van der Waals surface area (Å²) in [6.45, 7) is 0. The molecule has 0 aliphatic heterocycles. The van der Waals surface area contributed by atoms with Crippen LogP contribution in [-0.4, -0.2) is 27.1 Å². The number of aryl methyl sites for hydroxylation is 1. The van der Waals surface area contributed by atoms with Crippen LogP contribution in [0.25, 0.3) is 0 Å². The summed E-state index contributed by atoms with van der Waals surface area (Å²) in [6, 6.07) is 5.26. The Morgan fingerprint density at radius 3 is 2.40 bits per heavy atom. The maximum atomic E-state index is 10.6. The zero-order valence-corrected chi connectivity index (χ0v) is 7.96. The van der Waals surface area contributed by atoms with Crippen LogP contribution in [0.1, 0.15) is 12.1 Å². The maximum absolute atomic E-state index is 10.6. The highest BCUT2D eigenvalue weighted by Gasteiger charge is 2.25. The molecule has 5 heteroatoms. The minimum atomic E-state index is -1.35. The van der Waals surface area contributed by atoms with Gasteiger partial charge in [0.15, 0.2) is 5.92 Å². The predicted octanol–water partition coefficient (Wildman–Crippen LogP) is 0.800. The summed E-state index contributed by atoms with van der Waals surface area (Å²) in [6.07, 6.45) is 2.00. The van der Waals surface area contributed by atoms with Crippen LogP contribution >= 0.6 is 0 Å². The number of pyridine rings is 1. The number of hydrogen-bond donors (Lipinski definition) is 2. The molecule has 0 saturated heterocycles. The molecule has 80 valence electrons. The van der Waals surface area contributed by atoms with Crippen LogP contribution in [-0.2, 0) is 16.0 Å². The normalized spacial score (nSPS) is 10.2. The molecule has 1 aromatic rings. The first-order valence-corrected chi connectivity index (χ1v) is 4.47. The van der Waals surface area contributed by atoms with Gasteiger partial charge in [0.05, 0.1) is 0 Å². The highest BCUT2D eigenvalue weighted by Crippen LogP contribution is 2.08. The first-order chi connectivity index (χ1) is 7.11. The van der Waals surface area contributed by atoms with Crippen LogP contribution in [0.4, 0.5) is 0 Å². The Labute approximate surface area is 86.4 Å². The van der Waals surface area contributed by atoms with E-state index in [1.165, 1.54) is 0 Å². The molecule has 0 spiro atoms. The largest absolute Gasteiger partial charge is 0.481 e. The van der Waals surface area contributed by atoms with Gasteiger partial charge >= 0.3 is 11.9 Å². The smallest absolute Gasteiger partial charge is 0.317 e. The van der Waals surface area contributed by atoms with E-state index in [-0.39, 0.29) is 6.42 Å². The predicted molar refractivity (Wildman–Crippen MR) is 51.3 cm³/mol. The zero-order valence-electron chi connectivity index (χ0n) is 7.96. The van der Waals surface area contributed by atoms with Crippen molar-refractivity contribution in [2.45, 2.75) is 12.8 Å². The number of hydrogen-bond acceptors (Lipinski definition) is 3. The third-order valence-corrected chi connectivity index (χ3v) is 2.01. The molecule has 0 fully saturated rings. The summed E-state index contributed by atoms with van der Waals surface area (Å²) >= 11 is 0. The van der Waals surface area contributed by atoms with Crippen LogP contribution in [0.15, 0.2) is 24.4 Å². The van der Waals surface area contributed by atoms with Gasteiger partial charge in [-0.3, -0.25) is 14.6 Å². The molecule has 15 heavy (non-hydrogen) atoms. The molecule has 1 heterocycles. The Bertz CT molecular complexity index is 336. The molecular formula is C10H11NO4. The van der Waals surface area contributed by atoms with Gasteiger partial charge in [0, 0.05) is 11.9 Å². The second-order valence-corrected chi connectivity index (χ2v) is 3.09. The molecule has 1 rings (SSSR count). The summed E-state index contributed by atoms with van der Waals surface area (Å²) in [7, 11) is 0. The first kappa shape index (κ1) is 11.2. The molecule has 0 aliphatic carbocycles. The van der Waals surface area contributed by atoms with Crippen LogP contribution in [0.5, 0.6) is 0 Å². The SMILES string of the molecule is O=C(O)C(CCc1ccccn1)C(=O)O. The highest BCUT2D eigenvalue weighted by atomic mass is 16.4. The molecule has 0 bridgehead atoms. The number of rotatable bonds is 5. The molecule has 0 saturated carbocycles. The van der Waals surface area contributed by atoms with E-state index in [0.29, 0.717) is 12.1 Å². The van der Waals surface area contributed by atoms with Crippen molar-refractivity contribution in [3.05, 3.63) is 30.1 Å². The lowest BCUT2D eigenvalue weighted by Crippen LogP contribution is -2.23. The summed E-state index contributed by atoms with van der Waals surface area (Å²) in [5, 5.41) is 17.2. The minimum Gasteiger partial charge on any atom is -0.481 e. The van der Waals surface area contributed by atoms with Gasteiger partial charge < -0.3 is 10.2 Å². The standard InChI is InChI=1S/C10H11NO4/c12-9(13)8(10(14)15)5-4-7-3-1-2-6-11-7/h1-3,6,8H,4-5H2,(H,12,13)(H,14,15). The topological polar surface area (TPSA) is 87.5 Å². The van der Waals surface area contributed by atoms with E-state index in [0.717, 1.165) is 0 Å². The molecule has 0 atom stereocenters. The van der Waals surface area contributed by atoms with Gasteiger partial charge in [0.1, 0.15) is 0 Å². The van der Waals surface area contributed by atoms with Crippen molar-refractivity contribution in [1.29, 1.82) is 0 Å². The molecule has 5 nitrogen and oxygen atoms in total. The fourth-order valence-electron chi connectivity index (χ4n) is 1.19. The average Bonchev–Trinajstić information content (AvgIpc) is 2.18. The number of aliphatic carboxylic acids is 2. The lowest BCUT2D eigenvalue weighted by Gasteiger charge is -2.06. The Balaban J connectivity index is 2.55. The molecule has 1 aromatic heterocycles. The van der Waals surface area contributed by atoms with E-state index < -0.39 is 17.9 Å². The van der Waals surface area contributed by atoms with Crippen molar-refractivity contribution in [2.75, 3.05) is 0 Å². The van der Waals surface area contributed by atoms with Crippen molar-refractivity contribution < 1.29 is 19.8 Å². The quantitative estimate of drug-likeness (QED) is 0.700. The molecule has 0 unspecified atom stereocenters. The Kier molecular flexibility index (Phi) is 3.79. The molecule has 0 radical (unpaired) electrons. The lowest BCUT2D eigenvalue weighted by molar-refractivity contribution is -0.154. The lowest BCUT2D eigenvalue weighted by atomic mass is 10.0. The molecular weight excluding hydrogens is 198 g/mol. The van der Waals surface area contributed by atoms with E-state index >= 15 is 0 Å². The summed E-state index contributed by atoms with van der Waals surface area (Å²) in [5.74, 6) is -3.97. The first-order valence-electron chi connectivity index (χ1n) is 4.47. The molecule has 2 N–H and O–H groups in total. The molecule has 0 amide bonds. The number of carboxylic acids is 2. The van der Waals surface area contributed by atoms with Gasteiger partial charge in [-0.05, 0) is 25.0 Å². The number of carbonyl (C=O) groups is 2. The van der Waals surface area contributed by atoms with Crippen molar-refractivity contribution in [1.82, 2.24) is 4.98 Å². The van der Waals surface area contributed by atoms with Crippen LogP contribution in [0.3, 0.4) is 0 Å². The van der Waals surface area contributed by atoms with Crippen molar-refractivity contribution in [3.8, 4) is 0 Å². The highest BCUT2D eigenvalue weighted by molar-refractivity contribution is 5.92. The van der Waals surface area contributed by atoms with E-state index in [1.807, 2.05) is 0 Å². The fraction of sp³-hybridized carbons (Fsp3) is 0.300. The summed E-state index contributed by atoms with van der Waals surface area (Å²) < 4.78 is 0. The Morgan fingerprint density at radius 1 is 1.27 bits per heavy atom. The minimum absolute atomic E-state index is 0.0572. The monoisotopic (exact) mass is 209 g/mol. The van der Waals surface area contributed by atoms with E-state index in [1.54, 1.807) is 24.4 Å². The fourth-order valence-corrected chi connectivity index (χ4v) is 1.19. The van der Waals surface area contributed by atoms with Gasteiger partial charge in [-0.2, -0.15) is 0 Å². The van der Waals surface area contributed by atoms with Gasteiger partial charge in [0.2, 0.25) is 0 Å². The summed E-state index contributed by atoms with van der Waals surface area (Å²) in [5.41, 5.74) is 0.699. The third-order valence-electron chi connectivity index (χ3n) is 2.01. The number of carboxylic acid groups (broad SMARTS) is 2. The van der Waals surface area contributed by atoms with Crippen LogP contribution < -0.4 is 0 Å². The van der Waals surface area contributed by atoms with Crippen molar-refractivity contribution in [3.63, 3.8) is 0 Å². The third kappa shape index (κ3) is 3.38. The number of nitrogens with zero attached hydrogens (tertiary/aromatic N) is 1. The Hall–Kier alpha value is -1.91.